The van der Waals surface area contributed by atoms with Gasteiger partial charge in [0, 0.05) is 125 Å². The Bertz CT molecular complexity index is 6200. The number of likely N-dealkylation sites (N-methyl/N-ethyl adjacent to an activating group) is 4. The third-order valence-electron chi connectivity index (χ3n) is 24.1. The first kappa shape index (κ1) is 108. The summed E-state index contributed by atoms with van der Waals surface area (Å²) < 4.78 is 31.7. The van der Waals surface area contributed by atoms with Crippen LogP contribution in [0.5, 0.6) is 23.0 Å². The van der Waals surface area contributed by atoms with Crippen LogP contribution < -0.4 is 30.4 Å². The molecule has 14 rings (SSSR count). The zero-order valence-corrected chi connectivity index (χ0v) is 86.3. The van der Waals surface area contributed by atoms with E-state index in [0.717, 1.165) is 248 Å². The molecule has 0 radical (unpaired) electrons. The molecule has 0 aliphatic rings. The summed E-state index contributed by atoms with van der Waals surface area (Å²) >= 11 is 16.6. The van der Waals surface area contributed by atoms with Crippen LogP contribution in [-0.2, 0) is 71.1 Å². The Labute approximate surface area is 837 Å². The zero-order valence-electron chi connectivity index (χ0n) is 83.0. The van der Waals surface area contributed by atoms with Crippen LogP contribution in [-0.4, -0.2) is 200 Å². The van der Waals surface area contributed by atoms with Gasteiger partial charge in [0.2, 0.25) is 0 Å². The Hall–Kier alpha value is -11.9. The number of imidazole rings is 4. The molecule has 138 heavy (non-hydrogen) atoms. The lowest BCUT2D eigenvalue weighted by atomic mass is 10.0. The standard InChI is InChI=1S/C32H37N3O2S.C26H36N4OS.C24H32N4OS.C22H30N4O.C8H5NOS/c1-4-34(5-2)18-19-35-30-17-14-25(20-28(38)23-31(36)26-10-8-7-9-11-26)21-29(30)33-32(35)22-24-12-15-27(16-13-24)37-6-3;1-5-29(6-2)15-16-30-24-14-11-21(18-25(27)32-8-4)17-23(24)28-26(30)19-20-9-12-22(13-10-20)31-7-3;1-4-27(5-2)13-14-28-22-12-9-19(16-23(25)30)15-21(22)26-24(28)17-18-7-10-20(11-8-18)29-6-3;1-4-25(5-2)13-14-26-21-12-9-18(23)16-20(21)24-22(26)15-17-7-10-19(11-8-17)27-6-3;10-8(9-6-11)7-4-2-1-3-5-7/h7-17,21H,4-6,18-20,22-23H2,1-3H3;9-14,17,27H,5-8,15-16,18-19H2,1-4H3;7-12,15H,4-6,13-14,16-17H2,1-3H3,(H2,25,30);7-12,16H,4-6,13-15,23H2,1-3H3;1-5H. The van der Waals surface area contributed by atoms with E-state index in [1.54, 1.807) is 36.0 Å². The minimum atomic E-state index is -0.347. The van der Waals surface area contributed by atoms with Gasteiger partial charge >= 0.3 is 0 Å². The maximum absolute atomic E-state index is 12.6. The number of ether oxygens (including phenoxy) is 4. The van der Waals surface area contributed by atoms with Gasteiger partial charge < -0.3 is 68.3 Å². The molecule has 0 aliphatic heterocycles. The average Bonchev–Trinajstić information content (AvgIpc) is 1.65. The molecular formula is C112H140N16O6S4. The summed E-state index contributed by atoms with van der Waals surface area (Å²) in [5.74, 6) is 8.55. The number of nitrogen functional groups attached to an aromatic ring is 1. The Morgan fingerprint density at radius 1 is 0.384 bits per heavy atom. The minimum Gasteiger partial charge on any atom is -0.494 e. The number of nitrogens with one attached hydrogen (secondary N) is 1. The van der Waals surface area contributed by atoms with Crippen LogP contribution in [0.15, 0.2) is 236 Å². The van der Waals surface area contributed by atoms with Crippen LogP contribution in [0.4, 0.5) is 5.69 Å². The molecule has 728 valence electrons. The van der Waals surface area contributed by atoms with Crippen molar-refractivity contribution in [3.05, 3.63) is 304 Å². The van der Waals surface area contributed by atoms with Crippen LogP contribution in [0, 0.1) is 5.41 Å². The highest BCUT2D eigenvalue weighted by molar-refractivity contribution is 8.13. The quantitative estimate of drug-likeness (QED) is 0.0105. The summed E-state index contributed by atoms with van der Waals surface area (Å²) in [7, 11) is 0. The summed E-state index contributed by atoms with van der Waals surface area (Å²) in [5.41, 5.74) is 30.5. The van der Waals surface area contributed by atoms with E-state index in [2.05, 4.69) is 227 Å². The fourth-order valence-corrected chi connectivity index (χ4v) is 17.7. The SMILES string of the molecule is CCOc1ccc(Cc2nc3cc(CC(=N)SCC)ccc3n2CCN(CC)CC)cc1.CCOc1ccc(Cc2nc3cc(CC(=S)CC(=O)c4ccccc4)ccc3n2CCN(CC)CC)cc1.CCOc1ccc(Cc2nc3cc(CC(N)=S)ccc3n2CCN(CC)CC)cc1.CCOc1ccc(Cc2nc3cc(N)ccc3n2CCN(CC)CC)cc1.O=C(N=C=S)c1ccccc1. The first-order valence-corrected chi connectivity index (χ1v) is 51.0. The molecule has 0 aliphatic carbocycles. The number of amides is 1. The van der Waals surface area contributed by atoms with Crippen LogP contribution >= 0.6 is 48.4 Å². The number of Topliss-reactive ketones (excluding diaryl/α,β-unsaturated/α-hetero) is 1. The smallest absolute Gasteiger partial charge is 0.285 e. The van der Waals surface area contributed by atoms with Gasteiger partial charge in [-0.3, -0.25) is 15.0 Å². The van der Waals surface area contributed by atoms with Gasteiger partial charge in [-0.15, -0.1) is 11.8 Å². The van der Waals surface area contributed by atoms with Crippen LogP contribution in [0.1, 0.15) is 179 Å². The van der Waals surface area contributed by atoms with E-state index in [-0.39, 0.29) is 18.1 Å². The van der Waals surface area contributed by atoms with Gasteiger partial charge in [-0.1, -0.05) is 202 Å². The highest BCUT2D eigenvalue weighted by atomic mass is 32.2. The fraction of sp³-hybridized carbons (Fsp3) is 0.375. The van der Waals surface area contributed by atoms with Crippen LogP contribution in [0.2, 0.25) is 0 Å². The molecule has 26 heteroatoms. The van der Waals surface area contributed by atoms with Crippen molar-refractivity contribution < 1.29 is 28.5 Å². The largest absolute Gasteiger partial charge is 0.494 e. The van der Waals surface area contributed by atoms with E-state index in [0.29, 0.717) is 66.8 Å². The summed E-state index contributed by atoms with van der Waals surface area (Å²) in [6.45, 7) is 46.5. The van der Waals surface area contributed by atoms with Gasteiger partial charge in [0.1, 0.15) is 46.3 Å². The second-order valence-electron chi connectivity index (χ2n) is 33.3. The number of rotatable bonds is 47. The number of thioether (sulfide) groups is 1. The molecule has 1 amide bonds. The normalized spacial score (nSPS) is 11.1. The van der Waals surface area contributed by atoms with Crippen molar-refractivity contribution >= 4 is 130 Å². The molecule has 5 N–H and O–H groups in total. The molecule has 0 fully saturated rings. The van der Waals surface area contributed by atoms with Gasteiger partial charge in [-0.05, 0) is 252 Å². The molecule has 4 aromatic heterocycles. The Morgan fingerprint density at radius 3 is 0.971 bits per heavy atom. The lowest BCUT2D eigenvalue weighted by molar-refractivity contribution is 0.0994. The molecule has 0 unspecified atom stereocenters. The molecule has 22 nitrogen and oxygen atoms in total. The number of hydrogen-bond acceptors (Lipinski definition) is 20. The maximum atomic E-state index is 12.6. The summed E-state index contributed by atoms with van der Waals surface area (Å²) in [6.07, 6.45) is 5.25. The summed E-state index contributed by atoms with van der Waals surface area (Å²) in [4.78, 5) is 57.9. The van der Waals surface area contributed by atoms with E-state index in [4.69, 9.17) is 80.2 Å². The number of nitrogens with two attached hydrogens (primary N) is 2. The Balaban J connectivity index is 0.000000184. The molecule has 0 bridgehead atoms. The summed E-state index contributed by atoms with van der Waals surface area (Å²) in [5, 5.41) is 10.9. The monoisotopic (exact) mass is 1930 g/mol. The minimum absolute atomic E-state index is 0.0648. The van der Waals surface area contributed by atoms with Crippen molar-refractivity contribution in [1.29, 1.82) is 5.41 Å². The van der Waals surface area contributed by atoms with Gasteiger partial charge in [-0.2, -0.15) is 4.99 Å². The maximum Gasteiger partial charge on any atom is 0.285 e. The second-order valence-corrected chi connectivity index (χ2v) is 35.9. The average molecular weight is 1930 g/mol. The van der Waals surface area contributed by atoms with Crippen molar-refractivity contribution in [3.63, 3.8) is 0 Å². The van der Waals surface area contributed by atoms with E-state index in [1.165, 1.54) is 27.8 Å². The predicted molar refractivity (Wildman–Crippen MR) is 584 cm³/mol. The van der Waals surface area contributed by atoms with Crippen molar-refractivity contribution in [3.8, 4) is 23.0 Å². The zero-order chi connectivity index (χ0) is 98.7. The topological polar surface area (TPSA) is 244 Å². The number of fused-ring (bicyclic) bond motifs is 4. The Kier molecular flexibility index (Phi) is 45.0. The van der Waals surface area contributed by atoms with Crippen LogP contribution in [0.25, 0.3) is 44.1 Å². The molecular weight excluding hydrogens is 1790 g/mol. The van der Waals surface area contributed by atoms with Crippen molar-refractivity contribution in [2.24, 2.45) is 10.7 Å². The molecule has 14 aromatic rings. The van der Waals surface area contributed by atoms with E-state index >= 15 is 0 Å². The van der Waals surface area contributed by atoms with E-state index in [9.17, 15) is 9.59 Å². The number of aromatic nitrogens is 8. The van der Waals surface area contributed by atoms with Gasteiger partial charge in [0.25, 0.3) is 5.91 Å². The number of carbonyl (C=O) groups is 2. The highest BCUT2D eigenvalue weighted by Gasteiger charge is 2.21. The van der Waals surface area contributed by atoms with Crippen LogP contribution in [0.3, 0.4) is 0 Å². The number of carbonyl (C=O) groups excluding carboxylic acids is 2. The molecule has 0 saturated heterocycles. The number of isothiocyanates is 1. The van der Waals surface area contributed by atoms with Gasteiger partial charge in [0.15, 0.2) is 5.78 Å². The number of thiocarbonyl (C=S) groups is 3. The first-order valence-electron chi connectivity index (χ1n) is 48.8. The van der Waals surface area contributed by atoms with Crippen molar-refractivity contribution in [1.82, 2.24) is 57.8 Å². The number of nitrogens with zero attached hydrogens (tertiary/aromatic N) is 13. The van der Waals surface area contributed by atoms with Gasteiger partial charge in [-0.25, -0.2) is 19.9 Å². The number of ketones is 1. The number of hydrogen-bond donors (Lipinski definition) is 3. The third-order valence-corrected chi connectivity index (χ3v) is 25.4. The number of anilines is 1. The van der Waals surface area contributed by atoms with Crippen molar-refractivity contribution in [2.45, 2.75) is 168 Å². The second kappa shape index (κ2) is 57.4. The van der Waals surface area contributed by atoms with Crippen molar-refractivity contribution in [2.75, 3.05) is 116 Å². The Morgan fingerprint density at radius 2 is 0.674 bits per heavy atom. The lowest BCUT2D eigenvalue weighted by Crippen LogP contribution is -2.27. The third kappa shape index (κ3) is 33.2. The van der Waals surface area contributed by atoms with Gasteiger partial charge in [0.05, 0.1) is 85.8 Å². The summed E-state index contributed by atoms with van der Waals surface area (Å²) in [6, 6.07) is 76.6. The highest BCUT2D eigenvalue weighted by Crippen LogP contribution is 2.30. The molecule has 0 spiro atoms. The molecule has 10 aromatic carbocycles. The molecule has 4 heterocycles. The predicted octanol–water partition coefficient (Wildman–Crippen LogP) is 22.3. The number of aliphatic imine (C=N–C) groups is 1. The fourth-order valence-electron chi connectivity index (χ4n) is 16.6. The van der Waals surface area contributed by atoms with E-state index in [1.807, 2.05) is 130 Å². The molecule has 0 atom stereocenters. The first-order chi connectivity index (χ1) is 67.1. The van der Waals surface area contributed by atoms with E-state index < -0.39 is 0 Å². The molecule has 0 saturated carbocycles. The number of benzene rings is 10. The lowest BCUT2D eigenvalue weighted by Gasteiger charge is -2.19.